The van der Waals surface area contributed by atoms with Crippen LogP contribution in [0.4, 0.5) is 18.9 Å². The van der Waals surface area contributed by atoms with Gasteiger partial charge in [-0.15, -0.1) is 41.7 Å². The van der Waals surface area contributed by atoms with Crippen molar-refractivity contribution in [1.82, 2.24) is 15.6 Å². The van der Waals surface area contributed by atoms with E-state index in [1.165, 1.54) is 7.05 Å². The third kappa shape index (κ3) is 8.28. The lowest BCUT2D eigenvalue weighted by atomic mass is 10.2. The Bertz CT molecular complexity index is 892. The fourth-order valence-electron chi connectivity index (χ4n) is 2.12. The highest BCUT2D eigenvalue weighted by Crippen LogP contribution is 2.29. The van der Waals surface area contributed by atoms with Gasteiger partial charge in [-0.1, -0.05) is 12.0 Å². The number of benzene rings is 1. The maximum Gasteiger partial charge on any atom is 0.434 e. The predicted octanol–water partition coefficient (Wildman–Crippen LogP) is 3.11. The molecule has 1 aromatic heterocycles. The quantitative estimate of drug-likeness (QED) is 0.229. The number of alkyl halides is 3. The SMILES string of the molecule is C#Cc1cccc(NC(=O)CNC(=NC)NCCc2nc(C(F)(F)F)cs2)c1.I. The molecule has 11 heteroatoms. The molecule has 0 saturated heterocycles. The van der Waals surface area contributed by atoms with Crippen molar-refractivity contribution in [2.24, 2.45) is 4.99 Å². The molecular formula is C18H19F3IN5OS. The van der Waals surface area contributed by atoms with Crippen molar-refractivity contribution in [3.05, 3.63) is 45.9 Å². The number of amides is 1. The second-order valence-electron chi connectivity index (χ2n) is 5.50. The minimum Gasteiger partial charge on any atom is -0.356 e. The Kier molecular flexibility index (Phi) is 9.90. The Morgan fingerprint density at radius 1 is 1.34 bits per heavy atom. The van der Waals surface area contributed by atoms with Crippen LogP contribution in [-0.4, -0.2) is 37.0 Å². The number of rotatable bonds is 6. The number of aromatic nitrogens is 1. The van der Waals surface area contributed by atoms with E-state index in [0.717, 1.165) is 16.7 Å². The summed E-state index contributed by atoms with van der Waals surface area (Å²) in [5.74, 6) is 2.53. The first-order chi connectivity index (χ1) is 13.3. The van der Waals surface area contributed by atoms with E-state index < -0.39 is 11.9 Å². The minimum absolute atomic E-state index is 0. The Labute approximate surface area is 187 Å². The number of nitrogens with one attached hydrogen (secondary N) is 3. The Hall–Kier alpha value is -2.33. The largest absolute Gasteiger partial charge is 0.434 e. The van der Waals surface area contributed by atoms with Gasteiger partial charge < -0.3 is 16.0 Å². The normalized spacial score (nSPS) is 11.2. The third-order valence-electron chi connectivity index (χ3n) is 3.43. The van der Waals surface area contributed by atoms with Crippen LogP contribution in [0.15, 0.2) is 34.6 Å². The lowest BCUT2D eigenvalue weighted by molar-refractivity contribution is -0.140. The van der Waals surface area contributed by atoms with Crippen molar-refractivity contribution in [1.29, 1.82) is 0 Å². The average molecular weight is 537 g/mol. The maximum absolute atomic E-state index is 12.5. The van der Waals surface area contributed by atoms with Crippen LogP contribution in [0.1, 0.15) is 16.3 Å². The van der Waals surface area contributed by atoms with Crippen LogP contribution >= 0.6 is 35.3 Å². The molecule has 0 bridgehead atoms. The van der Waals surface area contributed by atoms with Crippen LogP contribution in [-0.2, 0) is 17.4 Å². The summed E-state index contributed by atoms with van der Waals surface area (Å²) in [5, 5.41) is 9.80. The zero-order valence-corrected chi connectivity index (χ0v) is 18.5. The Morgan fingerprint density at radius 2 is 2.10 bits per heavy atom. The predicted molar refractivity (Wildman–Crippen MR) is 119 cm³/mol. The van der Waals surface area contributed by atoms with Crippen molar-refractivity contribution < 1.29 is 18.0 Å². The lowest BCUT2D eigenvalue weighted by Gasteiger charge is -2.11. The van der Waals surface area contributed by atoms with Crippen molar-refractivity contribution in [3.63, 3.8) is 0 Å². The highest BCUT2D eigenvalue weighted by Gasteiger charge is 2.33. The number of nitrogens with zero attached hydrogens (tertiary/aromatic N) is 2. The number of halogens is 4. The molecule has 1 heterocycles. The van der Waals surface area contributed by atoms with Crippen LogP contribution in [0.3, 0.4) is 0 Å². The first-order valence-electron chi connectivity index (χ1n) is 8.14. The number of guanidine groups is 1. The van der Waals surface area contributed by atoms with Crippen molar-refractivity contribution in [2.45, 2.75) is 12.6 Å². The van der Waals surface area contributed by atoms with Gasteiger partial charge in [0.05, 0.1) is 11.6 Å². The van der Waals surface area contributed by atoms with Crippen molar-refractivity contribution in [2.75, 3.05) is 25.5 Å². The fraction of sp³-hybridized carbons (Fsp3) is 0.278. The number of hydrogen-bond donors (Lipinski definition) is 3. The van der Waals surface area contributed by atoms with Gasteiger partial charge in [-0.2, -0.15) is 13.2 Å². The molecule has 0 atom stereocenters. The number of anilines is 1. The topological polar surface area (TPSA) is 78.4 Å². The molecule has 0 aliphatic carbocycles. The molecule has 0 saturated carbocycles. The molecule has 0 aliphatic rings. The standard InChI is InChI=1S/C18H18F3N5OS.HI/c1-3-12-5-4-6-13(9-12)25-15(27)10-24-17(22-2)23-8-7-16-26-14(11-28-16)18(19,20)21;/h1,4-6,9,11H,7-8,10H2,2H3,(H,25,27)(H2,22,23,24);1H. The van der Waals surface area contributed by atoms with Gasteiger partial charge in [0, 0.05) is 36.6 Å². The molecule has 6 nitrogen and oxygen atoms in total. The number of terminal acetylenes is 1. The molecular weight excluding hydrogens is 518 g/mol. The molecule has 2 aromatic rings. The summed E-state index contributed by atoms with van der Waals surface area (Å²) in [6.07, 6.45) is 1.18. The van der Waals surface area contributed by atoms with E-state index in [0.29, 0.717) is 35.2 Å². The second-order valence-corrected chi connectivity index (χ2v) is 6.44. The van der Waals surface area contributed by atoms with Crippen LogP contribution in [0.2, 0.25) is 0 Å². The van der Waals surface area contributed by atoms with Crippen LogP contribution in [0, 0.1) is 12.3 Å². The van der Waals surface area contributed by atoms with Gasteiger partial charge in [0.2, 0.25) is 5.91 Å². The number of aliphatic imine (C=N–C) groups is 1. The van der Waals surface area contributed by atoms with Gasteiger partial charge in [0.15, 0.2) is 11.7 Å². The van der Waals surface area contributed by atoms with E-state index in [1.807, 2.05) is 0 Å². The smallest absolute Gasteiger partial charge is 0.356 e. The maximum atomic E-state index is 12.5. The zero-order valence-electron chi connectivity index (χ0n) is 15.3. The minimum atomic E-state index is -4.44. The second kappa shape index (κ2) is 11.6. The molecule has 0 spiro atoms. The summed E-state index contributed by atoms with van der Waals surface area (Å²) >= 11 is 0.949. The van der Waals surface area contributed by atoms with E-state index in [-0.39, 0.29) is 36.4 Å². The van der Waals surface area contributed by atoms with Gasteiger partial charge in [0.25, 0.3) is 0 Å². The molecule has 1 aromatic carbocycles. The van der Waals surface area contributed by atoms with E-state index in [1.54, 1.807) is 24.3 Å². The molecule has 2 rings (SSSR count). The van der Waals surface area contributed by atoms with E-state index in [4.69, 9.17) is 6.42 Å². The van der Waals surface area contributed by atoms with Gasteiger partial charge in [-0.3, -0.25) is 9.79 Å². The number of carbonyl (C=O) groups is 1. The molecule has 0 unspecified atom stereocenters. The zero-order chi connectivity index (χ0) is 20.6. The average Bonchev–Trinajstić information content (AvgIpc) is 3.14. The highest BCUT2D eigenvalue weighted by molar-refractivity contribution is 14.0. The first kappa shape index (κ1) is 24.7. The highest BCUT2D eigenvalue weighted by atomic mass is 127. The van der Waals surface area contributed by atoms with Gasteiger partial charge in [-0.05, 0) is 18.2 Å². The summed E-state index contributed by atoms with van der Waals surface area (Å²) in [4.78, 5) is 19.5. The Balaban J connectivity index is 0.00000420. The fourth-order valence-corrected chi connectivity index (χ4v) is 2.93. The third-order valence-corrected chi connectivity index (χ3v) is 4.34. The monoisotopic (exact) mass is 537 g/mol. The van der Waals surface area contributed by atoms with Crippen LogP contribution < -0.4 is 16.0 Å². The molecule has 0 radical (unpaired) electrons. The summed E-state index contributed by atoms with van der Waals surface area (Å²) in [5.41, 5.74) is 0.342. The summed E-state index contributed by atoms with van der Waals surface area (Å²) in [6, 6.07) is 6.88. The first-order valence-corrected chi connectivity index (χ1v) is 9.02. The summed E-state index contributed by atoms with van der Waals surface area (Å²) < 4.78 is 37.6. The van der Waals surface area contributed by atoms with Crippen LogP contribution in [0.5, 0.6) is 0 Å². The summed E-state index contributed by atoms with van der Waals surface area (Å²) in [7, 11) is 1.52. The van der Waals surface area contributed by atoms with Gasteiger partial charge in [-0.25, -0.2) is 4.98 Å². The van der Waals surface area contributed by atoms with E-state index >= 15 is 0 Å². The number of thiazole rings is 1. The van der Waals surface area contributed by atoms with Crippen molar-refractivity contribution in [3.8, 4) is 12.3 Å². The molecule has 1 amide bonds. The van der Waals surface area contributed by atoms with Gasteiger partial charge in [0.1, 0.15) is 0 Å². The molecule has 0 fully saturated rings. The lowest BCUT2D eigenvalue weighted by Crippen LogP contribution is -2.42. The summed E-state index contributed by atoms with van der Waals surface area (Å²) in [6.45, 7) is 0.270. The number of carbonyl (C=O) groups excluding carboxylic acids is 1. The molecule has 29 heavy (non-hydrogen) atoms. The van der Waals surface area contributed by atoms with Crippen molar-refractivity contribution >= 4 is 52.9 Å². The number of hydrogen-bond acceptors (Lipinski definition) is 4. The molecule has 156 valence electrons. The van der Waals surface area contributed by atoms with Gasteiger partial charge >= 0.3 is 6.18 Å². The molecule has 3 N–H and O–H groups in total. The van der Waals surface area contributed by atoms with E-state index in [9.17, 15) is 18.0 Å². The molecule has 0 aliphatic heterocycles. The van der Waals surface area contributed by atoms with E-state index in [2.05, 4.69) is 31.8 Å². The van der Waals surface area contributed by atoms with Crippen LogP contribution in [0.25, 0.3) is 0 Å². The Morgan fingerprint density at radius 3 is 2.72 bits per heavy atom.